The zero-order valence-electron chi connectivity index (χ0n) is 9.55. The Kier molecular flexibility index (Phi) is 3.60. The van der Waals surface area contributed by atoms with Gasteiger partial charge in [-0.2, -0.15) is 0 Å². The molecule has 0 saturated carbocycles. The summed E-state index contributed by atoms with van der Waals surface area (Å²) in [5, 5.41) is 9.61. The number of nitrogens with two attached hydrogens (primary N) is 1. The van der Waals surface area contributed by atoms with Crippen LogP contribution in [0.3, 0.4) is 0 Å². The lowest BCUT2D eigenvalue weighted by Gasteiger charge is -2.34. The average Bonchev–Trinajstić information content (AvgIpc) is 2.67. The molecule has 2 rings (SSSR count). The lowest BCUT2D eigenvalue weighted by atomic mass is 10.2. The fourth-order valence-corrected chi connectivity index (χ4v) is 2.61. The number of nitrogen functional groups attached to an aromatic ring is 1. The first kappa shape index (κ1) is 12.3. The molecular weight excluding hydrogens is 242 g/mol. The molecule has 17 heavy (non-hydrogen) atoms. The number of aryl methyl sites for hydroxylation is 1. The van der Waals surface area contributed by atoms with Crippen molar-refractivity contribution >= 4 is 22.4 Å². The molecule has 0 aliphatic carbocycles. The highest BCUT2D eigenvalue weighted by Crippen LogP contribution is 2.23. The highest BCUT2D eigenvalue weighted by molar-refractivity contribution is 7.17. The van der Waals surface area contributed by atoms with E-state index in [-0.39, 0.29) is 18.6 Å². The summed E-state index contributed by atoms with van der Waals surface area (Å²) in [6.45, 7) is 3.01. The van der Waals surface area contributed by atoms with Crippen molar-refractivity contribution < 1.29 is 14.6 Å². The van der Waals surface area contributed by atoms with Crippen LogP contribution >= 0.6 is 11.3 Å². The molecule has 1 aliphatic rings. The van der Waals surface area contributed by atoms with Gasteiger partial charge in [0.15, 0.2) is 5.13 Å². The van der Waals surface area contributed by atoms with Crippen molar-refractivity contribution in [1.82, 2.24) is 9.88 Å². The Morgan fingerprint density at radius 1 is 1.76 bits per heavy atom. The summed E-state index contributed by atoms with van der Waals surface area (Å²) in [5.74, 6) is -0.126. The average molecular weight is 257 g/mol. The van der Waals surface area contributed by atoms with Crippen molar-refractivity contribution in [1.29, 1.82) is 0 Å². The molecule has 1 amide bonds. The summed E-state index contributed by atoms with van der Waals surface area (Å²) in [5.41, 5.74) is 6.22. The van der Waals surface area contributed by atoms with E-state index in [2.05, 4.69) is 4.98 Å². The number of aliphatic hydroxyl groups is 1. The third-order valence-electron chi connectivity index (χ3n) is 2.71. The maximum Gasteiger partial charge on any atom is 0.266 e. The van der Waals surface area contributed by atoms with Gasteiger partial charge in [-0.1, -0.05) is 11.3 Å². The molecule has 1 atom stereocenters. The van der Waals surface area contributed by atoms with Crippen LogP contribution in [-0.2, 0) is 4.74 Å². The van der Waals surface area contributed by atoms with E-state index in [9.17, 15) is 9.90 Å². The Balaban J connectivity index is 2.21. The Bertz CT molecular complexity index is 421. The minimum Gasteiger partial charge on any atom is -0.394 e. The van der Waals surface area contributed by atoms with E-state index in [1.807, 2.05) is 0 Å². The van der Waals surface area contributed by atoms with Gasteiger partial charge in [-0.25, -0.2) is 4.98 Å². The molecule has 1 unspecified atom stereocenters. The molecule has 1 aromatic heterocycles. The normalized spacial score (nSPS) is 20.6. The summed E-state index contributed by atoms with van der Waals surface area (Å²) in [6, 6.07) is -0.279. The maximum atomic E-state index is 12.3. The number of ether oxygens (including phenoxy) is 1. The van der Waals surface area contributed by atoms with Crippen molar-refractivity contribution in [2.45, 2.75) is 13.0 Å². The fraction of sp³-hybridized carbons (Fsp3) is 0.600. The Morgan fingerprint density at radius 2 is 2.53 bits per heavy atom. The van der Waals surface area contributed by atoms with Crippen molar-refractivity contribution in [2.24, 2.45) is 0 Å². The lowest BCUT2D eigenvalue weighted by Crippen LogP contribution is -2.50. The van der Waals surface area contributed by atoms with Gasteiger partial charge in [0.1, 0.15) is 4.88 Å². The molecule has 3 N–H and O–H groups in total. The molecule has 2 heterocycles. The molecule has 1 aromatic rings. The number of carbonyl (C=O) groups excluding carboxylic acids is 1. The molecule has 7 heteroatoms. The van der Waals surface area contributed by atoms with E-state index in [4.69, 9.17) is 10.5 Å². The van der Waals surface area contributed by atoms with Crippen molar-refractivity contribution in [3.05, 3.63) is 10.6 Å². The van der Waals surface area contributed by atoms with E-state index in [0.717, 1.165) is 0 Å². The number of aliphatic hydroxyl groups excluding tert-OH is 1. The second-order valence-electron chi connectivity index (χ2n) is 3.88. The fourth-order valence-electron chi connectivity index (χ4n) is 1.82. The summed E-state index contributed by atoms with van der Waals surface area (Å²) in [4.78, 5) is 18.5. The first-order valence-electron chi connectivity index (χ1n) is 5.36. The summed E-state index contributed by atoms with van der Waals surface area (Å²) in [6.07, 6.45) is 0. The quantitative estimate of drug-likeness (QED) is 0.770. The first-order chi connectivity index (χ1) is 8.13. The highest BCUT2D eigenvalue weighted by atomic mass is 32.1. The van der Waals surface area contributed by atoms with Crippen LogP contribution in [0.1, 0.15) is 15.4 Å². The van der Waals surface area contributed by atoms with Crippen LogP contribution in [0, 0.1) is 6.92 Å². The largest absolute Gasteiger partial charge is 0.394 e. The Labute approximate surface area is 103 Å². The molecule has 0 aromatic carbocycles. The van der Waals surface area contributed by atoms with E-state index in [1.54, 1.807) is 11.8 Å². The molecule has 1 fully saturated rings. The summed E-state index contributed by atoms with van der Waals surface area (Å²) < 4.78 is 5.23. The molecule has 6 nitrogen and oxygen atoms in total. The Morgan fingerprint density at radius 3 is 3.12 bits per heavy atom. The van der Waals surface area contributed by atoms with Gasteiger partial charge in [-0.15, -0.1) is 0 Å². The van der Waals surface area contributed by atoms with Crippen LogP contribution in [0.4, 0.5) is 5.13 Å². The lowest BCUT2D eigenvalue weighted by molar-refractivity contribution is -0.0182. The number of morpholine rings is 1. The van der Waals surface area contributed by atoms with E-state index >= 15 is 0 Å². The molecule has 0 bridgehead atoms. The van der Waals surface area contributed by atoms with Gasteiger partial charge < -0.3 is 20.5 Å². The van der Waals surface area contributed by atoms with Gasteiger partial charge >= 0.3 is 0 Å². The molecule has 94 valence electrons. The molecule has 0 spiro atoms. The van der Waals surface area contributed by atoms with Gasteiger partial charge in [0.05, 0.1) is 31.6 Å². The van der Waals surface area contributed by atoms with Crippen LogP contribution in [0.15, 0.2) is 0 Å². The monoisotopic (exact) mass is 257 g/mol. The summed E-state index contributed by atoms with van der Waals surface area (Å²) >= 11 is 1.18. The van der Waals surface area contributed by atoms with Crippen LogP contribution < -0.4 is 5.73 Å². The van der Waals surface area contributed by atoms with Gasteiger partial charge in [-0.3, -0.25) is 4.79 Å². The van der Waals surface area contributed by atoms with E-state index in [0.29, 0.717) is 35.5 Å². The van der Waals surface area contributed by atoms with Gasteiger partial charge in [0, 0.05) is 6.54 Å². The predicted octanol–water partition coefficient (Wildman–Crippen LogP) is -0.133. The molecule has 1 saturated heterocycles. The number of aromatic nitrogens is 1. The second-order valence-corrected chi connectivity index (χ2v) is 4.91. The number of hydrogen-bond acceptors (Lipinski definition) is 6. The zero-order chi connectivity index (χ0) is 12.4. The molecule has 1 aliphatic heterocycles. The SMILES string of the molecule is Cc1nc(N)sc1C(=O)N1CCOCC1CO. The molecule has 0 radical (unpaired) electrons. The highest BCUT2D eigenvalue weighted by Gasteiger charge is 2.29. The topological polar surface area (TPSA) is 88.7 Å². The smallest absolute Gasteiger partial charge is 0.266 e. The second kappa shape index (κ2) is 4.99. The minimum absolute atomic E-state index is 0.0981. The zero-order valence-corrected chi connectivity index (χ0v) is 10.4. The number of anilines is 1. The minimum atomic E-state index is -0.279. The third-order valence-corrected chi connectivity index (χ3v) is 3.68. The third kappa shape index (κ3) is 2.41. The number of amides is 1. The number of rotatable bonds is 2. The van der Waals surface area contributed by atoms with Gasteiger partial charge in [0.25, 0.3) is 5.91 Å². The van der Waals surface area contributed by atoms with Crippen molar-refractivity contribution in [3.8, 4) is 0 Å². The predicted molar refractivity (Wildman–Crippen MR) is 64.0 cm³/mol. The van der Waals surface area contributed by atoms with Gasteiger partial charge in [-0.05, 0) is 6.92 Å². The van der Waals surface area contributed by atoms with E-state index in [1.165, 1.54) is 11.3 Å². The first-order valence-corrected chi connectivity index (χ1v) is 6.17. The number of hydrogen-bond donors (Lipinski definition) is 2. The van der Waals surface area contributed by atoms with Crippen molar-refractivity contribution in [3.63, 3.8) is 0 Å². The van der Waals surface area contributed by atoms with Crippen molar-refractivity contribution in [2.75, 3.05) is 32.1 Å². The van der Waals surface area contributed by atoms with Crippen LogP contribution in [-0.4, -0.2) is 53.3 Å². The standard InChI is InChI=1S/C10H15N3O3S/c1-6-8(17-10(11)12-6)9(15)13-2-3-16-5-7(13)4-14/h7,14H,2-5H2,1H3,(H2,11,12). The van der Waals surface area contributed by atoms with Gasteiger partial charge in [0.2, 0.25) is 0 Å². The van der Waals surface area contributed by atoms with E-state index < -0.39 is 0 Å². The van der Waals surface area contributed by atoms with Crippen LogP contribution in [0.25, 0.3) is 0 Å². The number of thiazole rings is 1. The van der Waals surface area contributed by atoms with Crippen LogP contribution in [0.2, 0.25) is 0 Å². The Hall–Kier alpha value is -1.18. The van der Waals surface area contributed by atoms with Crippen LogP contribution in [0.5, 0.6) is 0 Å². The number of nitrogens with zero attached hydrogens (tertiary/aromatic N) is 2. The molecular formula is C10H15N3O3S. The maximum absolute atomic E-state index is 12.3. The summed E-state index contributed by atoms with van der Waals surface area (Å²) in [7, 11) is 0. The number of carbonyl (C=O) groups is 1.